The smallest absolute Gasteiger partial charge is 0.271 e. The van der Waals surface area contributed by atoms with Gasteiger partial charge in [-0.05, 0) is 31.4 Å². The van der Waals surface area contributed by atoms with Gasteiger partial charge in [-0.1, -0.05) is 12.1 Å². The Morgan fingerprint density at radius 1 is 1.21 bits per heavy atom. The van der Waals surface area contributed by atoms with Gasteiger partial charge in [0.1, 0.15) is 17.6 Å². The second-order valence-electron chi connectivity index (χ2n) is 6.75. The molecule has 8 nitrogen and oxygen atoms in total. The van der Waals surface area contributed by atoms with Crippen LogP contribution in [0, 0.1) is 5.82 Å². The van der Waals surface area contributed by atoms with Gasteiger partial charge in [0.2, 0.25) is 0 Å². The molecule has 1 aliphatic rings. The van der Waals surface area contributed by atoms with E-state index in [1.807, 2.05) is 0 Å². The van der Waals surface area contributed by atoms with Crippen LogP contribution in [0.15, 0.2) is 42.9 Å². The van der Waals surface area contributed by atoms with E-state index in [9.17, 15) is 19.1 Å². The quantitative estimate of drug-likeness (QED) is 0.639. The monoisotopic (exact) mass is 402 g/mol. The van der Waals surface area contributed by atoms with Crippen LogP contribution in [0.1, 0.15) is 40.1 Å². The number of nitrogens with zero attached hydrogens (tertiary/aromatic N) is 2. The summed E-state index contributed by atoms with van der Waals surface area (Å²) in [5, 5.41) is 15.1. The number of rotatable bonds is 7. The van der Waals surface area contributed by atoms with E-state index in [4.69, 9.17) is 4.74 Å². The van der Waals surface area contributed by atoms with Crippen LogP contribution in [-0.4, -0.2) is 58.3 Å². The molecule has 2 amide bonds. The molecule has 0 saturated carbocycles. The molecular formula is C20H23FN4O4. The number of aliphatic hydroxyl groups is 1. The summed E-state index contributed by atoms with van der Waals surface area (Å²) in [6.07, 6.45) is 5.32. The first-order chi connectivity index (χ1) is 14.1. The van der Waals surface area contributed by atoms with Gasteiger partial charge in [-0.3, -0.25) is 14.6 Å². The lowest BCUT2D eigenvalue weighted by Gasteiger charge is -2.36. The molecule has 3 atom stereocenters. The lowest BCUT2D eigenvalue weighted by molar-refractivity contribution is -0.0893. The van der Waals surface area contributed by atoms with Gasteiger partial charge in [-0.25, -0.2) is 9.37 Å². The highest BCUT2D eigenvalue weighted by molar-refractivity contribution is 5.94. The minimum absolute atomic E-state index is 0.00270. The van der Waals surface area contributed by atoms with Gasteiger partial charge in [-0.15, -0.1) is 0 Å². The Bertz CT molecular complexity index is 836. The average molecular weight is 402 g/mol. The van der Waals surface area contributed by atoms with E-state index < -0.39 is 17.8 Å². The number of carbonyl (C=O) groups excluding carboxylic acids is 2. The van der Waals surface area contributed by atoms with Crippen LogP contribution < -0.4 is 10.6 Å². The first kappa shape index (κ1) is 20.8. The van der Waals surface area contributed by atoms with Gasteiger partial charge in [0.15, 0.2) is 0 Å². The molecule has 1 saturated heterocycles. The SMILES string of the molecule is O=C(N[C@H]1CC[C@H](CCNC(=O)c2ccccc2F)O[C@H]1CO)c1cnccn1. The van der Waals surface area contributed by atoms with Gasteiger partial charge >= 0.3 is 0 Å². The summed E-state index contributed by atoms with van der Waals surface area (Å²) >= 11 is 0. The van der Waals surface area contributed by atoms with Crippen molar-refractivity contribution in [3.63, 3.8) is 0 Å². The molecule has 1 fully saturated rings. The molecule has 0 unspecified atom stereocenters. The summed E-state index contributed by atoms with van der Waals surface area (Å²) in [7, 11) is 0. The zero-order valence-electron chi connectivity index (χ0n) is 15.8. The number of aliphatic hydroxyl groups excluding tert-OH is 1. The summed E-state index contributed by atoms with van der Waals surface area (Å²) in [4.78, 5) is 32.1. The van der Waals surface area contributed by atoms with Gasteiger partial charge in [0.05, 0.1) is 30.5 Å². The Labute approximate surface area is 167 Å². The van der Waals surface area contributed by atoms with Crippen molar-refractivity contribution in [2.45, 2.75) is 37.5 Å². The Balaban J connectivity index is 1.46. The van der Waals surface area contributed by atoms with Crippen molar-refractivity contribution in [3.8, 4) is 0 Å². The lowest BCUT2D eigenvalue weighted by Crippen LogP contribution is -2.51. The third-order valence-corrected chi connectivity index (χ3v) is 4.78. The van der Waals surface area contributed by atoms with Crippen molar-refractivity contribution in [2.24, 2.45) is 0 Å². The zero-order valence-corrected chi connectivity index (χ0v) is 15.8. The van der Waals surface area contributed by atoms with E-state index in [0.29, 0.717) is 25.8 Å². The highest BCUT2D eigenvalue weighted by Gasteiger charge is 2.32. The number of carbonyl (C=O) groups is 2. The molecule has 0 aliphatic carbocycles. The molecule has 3 rings (SSSR count). The number of aromatic nitrogens is 2. The van der Waals surface area contributed by atoms with Crippen LogP contribution in [0.4, 0.5) is 4.39 Å². The van der Waals surface area contributed by atoms with Crippen molar-refractivity contribution in [3.05, 3.63) is 59.9 Å². The first-order valence-electron chi connectivity index (χ1n) is 9.44. The first-order valence-corrected chi connectivity index (χ1v) is 9.44. The lowest BCUT2D eigenvalue weighted by atomic mass is 9.97. The number of hydrogen-bond acceptors (Lipinski definition) is 6. The van der Waals surface area contributed by atoms with Crippen LogP contribution in [-0.2, 0) is 4.74 Å². The van der Waals surface area contributed by atoms with Gasteiger partial charge in [-0.2, -0.15) is 0 Å². The summed E-state index contributed by atoms with van der Waals surface area (Å²) in [6, 6.07) is 5.44. The average Bonchev–Trinajstić information content (AvgIpc) is 2.75. The van der Waals surface area contributed by atoms with Crippen molar-refractivity contribution in [1.82, 2.24) is 20.6 Å². The molecule has 0 spiro atoms. The Morgan fingerprint density at radius 2 is 2.03 bits per heavy atom. The van der Waals surface area contributed by atoms with Crippen molar-refractivity contribution >= 4 is 11.8 Å². The summed E-state index contributed by atoms with van der Waals surface area (Å²) in [5.74, 6) is -1.42. The molecule has 1 aromatic heterocycles. The fourth-order valence-electron chi connectivity index (χ4n) is 3.26. The molecule has 2 aromatic rings. The van der Waals surface area contributed by atoms with Crippen LogP contribution in [0.3, 0.4) is 0 Å². The standard InChI is InChI=1S/C20H23FN4O4/c21-15-4-2-1-3-14(15)19(27)24-8-7-13-5-6-16(18(12-26)29-13)25-20(28)17-11-22-9-10-23-17/h1-4,9-11,13,16,18,26H,5-8,12H2,(H,24,27)(H,25,28)/t13-,16+,18+/m1/s1. The summed E-state index contributed by atoms with van der Waals surface area (Å²) in [6.45, 7) is 0.0656. The minimum atomic E-state index is -0.569. The number of halogens is 1. The van der Waals surface area contributed by atoms with E-state index in [1.165, 1.54) is 36.8 Å². The normalized spacial score (nSPS) is 21.4. The van der Waals surface area contributed by atoms with Gasteiger partial charge in [0, 0.05) is 18.9 Å². The van der Waals surface area contributed by atoms with E-state index in [2.05, 4.69) is 20.6 Å². The summed E-state index contributed by atoms with van der Waals surface area (Å²) in [5.41, 5.74) is 0.194. The largest absolute Gasteiger partial charge is 0.394 e. The summed E-state index contributed by atoms with van der Waals surface area (Å²) < 4.78 is 19.5. The second kappa shape index (κ2) is 10.0. The minimum Gasteiger partial charge on any atom is -0.394 e. The van der Waals surface area contributed by atoms with Gasteiger partial charge < -0.3 is 20.5 Å². The molecule has 0 bridgehead atoms. The number of benzene rings is 1. The van der Waals surface area contributed by atoms with Crippen LogP contribution in [0.2, 0.25) is 0 Å². The number of hydrogen-bond donors (Lipinski definition) is 3. The van der Waals surface area contributed by atoms with Crippen LogP contribution >= 0.6 is 0 Å². The van der Waals surface area contributed by atoms with E-state index >= 15 is 0 Å². The van der Waals surface area contributed by atoms with Crippen molar-refractivity contribution in [2.75, 3.05) is 13.2 Å². The van der Waals surface area contributed by atoms with Crippen molar-refractivity contribution in [1.29, 1.82) is 0 Å². The maximum atomic E-state index is 13.6. The van der Waals surface area contributed by atoms with E-state index in [0.717, 1.165) is 0 Å². The zero-order chi connectivity index (χ0) is 20.6. The predicted octanol–water partition coefficient (Wildman–Crippen LogP) is 1.07. The van der Waals surface area contributed by atoms with Crippen LogP contribution in [0.5, 0.6) is 0 Å². The van der Waals surface area contributed by atoms with E-state index in [1.54, 1.807) is 6.07 Å². The predicted molar refractivity (Wildman–Crippen MR) is 102 cm³/mol. The third-order valence-electron chi connectivity index (χ3n) is 4.78. The number of nitrogens with one attached hydrogen (secondary N) is 2. The highest BCUT2D eigenvalue weighted by atomic mass is 19.1. The molecular weight excluding hydrogens is 379 g/mol. The third kappa shape index (κ3) is 5.55. The van der Waals surface area contributed by atoms with Gasteiger partial charge in [0.25, 0.3) is 11.8 Å². The number of ether oxygens (including phenoxy) is 1. The maximum absolute atomic E-state index is 13.6. The molecule has 1 aromatic carbocycles. The number of amides is 2. The Hall–Kier alpha value is -2.91. The van der Waals surface area contributed by atoms with Crippen LogP contribution in [0.25, 0.3) is 0 Å². The molecule has 3 N–H and O–H groups in total. The molecule has 2 heterocycles. The van der Waals surface area contributed by atoms with E-state index in [-0.39, 0.29) is 35.9 Å². The fraction of sp³-hybridized carbons (Fsp3) is 0.400. The molecule has 29 heavy (non-hydrogen) atoms. The fourth-order valence-corrected chi connectivity index (χ4v) is 3.26. The topological polar surface area (TPSA) is 113 Å². The molecule has 0 radical (unpaired) electrons. The molecule has 9 heteroatoms. The van der Waals surface area contributed by atoms with Crippen molar-refractivity contribution < 1.29 is 23.8 Å². The molecule has 1 aliphatic heterocycles. The molecule has 154 valence electrons. The maximum Gasteiger partial charge on any atom is 0.271 e. The second-order valence-corrected chi connectivity index (χ2v) is 6.75. The Kier molecular flexibility index (Phi) is 7.20. The highest BCUT2D eigenvalue weighted by Crippen LogP contribution is 2.22. The Morgan fingerprint density at radius 3 is 2.76 bits per heavy atom.